The Morgan fingerprint density at radius 2 is 2.25 bits per heavy atom. The Labute approximate surface area is 72.8 Å². The SMILES string of the molecule is CCBOCC(C)(CO)C(=O)O. The molecule has 0 rings (SSSR count). The van der Waals surface area contributed by atoms with Gasteiger partial charge in [0.15, 0.2) is 0 Å². The van der Waals surface area contributed by atoms with Crippen molar-refractivity contribution in [1.82, 2.24) is 0 Å². The van der Waals surface area contributed by atoms with Crippen molar-refractivity contribution < 1.29 is 19.7 Å². The fourth-order valence-corrected chi connectivity index (χ4v) is 0.617. The zero-order valence-corrected chi connectivity index (χ0v) is 7.54. The quantitative estimate of drug-likeness (QED) is 0.435. The minimum absolute atomic E-state index is 0.0622. The highest BCUT2D eigenvalue weighted by molar-refractivity contribution is 6.26. The van der Waals surface area contributed by atoms with Crippen LogP contribution in [-0.4, -0.2) is 36.9 Å². The first kappa shape index (κ1) is 11.5. The van der Waals surface area contributed by atoms with E-state index in [1.807, 2.05) is 6.92 Å². The first-order chi connectivity index (χ1) is 5.56. The van der Waals surface area contributed by atoms with E-state index in [1.54, 1.807) is 0 Å². The lowest BCUT2D eigenvalue weighted by molar-refractivity contribution is -0.152. The highest BCUT2D eigenvalue weighted by Crippen LogP contribution is 2.15. The van der Waals surface area contributed by atoms with Gasteiger partial charge < -0.3 is 14.9 Å². The van der Waals surface area contributed by atoms with Gasteiger partial charge in [-0.15, -0.1) is 0 Å². The Bertz CT molecular complexity index is 150. The van der Waals surface area contributed by atoms with Crippen LogP contribution in [0.5, 0.6) is 0 Å². The summed E-state index contributed by atoms with van der Waals surface area (Å²) in [7, 11) is 0.531. The molecule has 0 aromatic heterocycles. The summed E-state index contributed by atoms with van der Waals surface area (Å²) in [4.78, 5) is 10.6. The van der Waals surface area contributed by atoms with Crippen molar-refractivity contribution in [2.75, 3.05) is 13.2 Å². The molecular weight excluding hydrogens is 159 g/mol. The van der Waals surface area contributed by atoms with Crippen molar-refractivity contribution in [1.29, 1.82) is 0 Å². The minimum atomic E-state index is -1.16. The molecule has 2 N–H and O–H groups in total. The average molecular weight is 174 g/mol. The van der Waals surface area contributed by atoms with E-state index in [0.29, 0.717) is 7.48 Å². The summed E-state index contributed by atoms with van der Waals surface area (Å²) in [5.41, 5.74) is -1.16. The van der Waals surface area contributed by atoms with Crippen molar-refractivity contribution in [2.45, 2.75) is 20.2 Å². The number of aliphatic hydroxyl groups is 1. The smallest absolute Gasteiger partial charge is 0.313 e. The summed E-state index contributed by atoms with van der Waals surface area (Å²) in [6.45, 7) is 3.07. The number of rotatable bonds is 6. The molecule has 0 aliphatic carbocycles. The number of aliphatic carboxylic acids is 1. The Kier molecular flexibility index (Phi) is 4.93. The normalized spacial score (nSPS) is 15.2. The minimum Gasteiger partial charge on any atom is -0.481 e. The standard InChI is InChI=1S/C7H15BO4/c1-3-8-12-5-7(2,4-9)6(10)11/h8-9H,3-5H2,1-2H3,(H,10,11). The molecule has 0 saturated heterocycles. The van der Waals surface area contributed by atoms with Gasteiger partial charge in [-0.3, -0.25) is 4.79 Å². The monoisotopic (exact) mass is 174 g/mol. The van der Waals surface area contributed by atoms with Crippen LogP contribution in [0.1, 0.15) is 13.8 Å². The van der Waals surface area contributed by atoms with Crippen LogP contribution in [0.25, 0.3) is 0 Å². The summed E-state index contributed by atoms with van der Waals surface area (Å²) >= 11 is 0. The molecule has 0 bridgehead atoms. The number of hydrogen-bond donors (Lipinski definition) is 2. The van der Waals surface area contributed by atoms with E-state index in [2.05, 4.69) is 0 Å². The molecule has 0 fully saturated rings. The average Bonchev–Trinajstić information content (AvgIpc) is 2.04. The molecule has 0 aliphatic heterocycles. The first-order valence-electron chi connectivity index (χ1n) is 3.99. The Balaban J connectivity index is 3.88. The van der Waals surface area contributed by atoms with Crippen LogP contribution < -0.4 is 0 Å². The maximum atomic E-state index is 10.6. The zero-order chi connectivity index (χ0) is 9.61. The fourth-order valence-electron chi connectivity index (χ4n) is 0.617. The molecular formula is C7H15BO4. The summed E-state index contributed by atoms with van der Waals surface area (Å²) in [6.07, 6.45) is 0.848. The fraction of sp³-hybridized carbons (Fsp3) is 0.857. The molecule has 1 atom stereocenters. The molecule has 0 radical (unpaired) electrons. The van der Waals surface area contributed by atoms with Crippen LogP contribution in [0, 0.1) is 5.41 Å². The van der Waals surface area contributed by atoms with Gasteiger partial charge in [-0.1, -0.05) is 13.2 Å². The van der Waals surface area contributed by atoms with Gasteiger partial charge in [-0.25, -0.2) is 0 Å². The van der Waals surface area contributed by atoms with E-state index < -0.39 is 18.0 Å². The molecule has 12 heavy (non-hydrogen) atoms. The second-order valence-corrected chi connectivity index (χ2v) is 3.08. The predicted molar refractivity (Wildman–Crippen MR) is 46.4 cm³/mol. The van der Waals surface area contributed by atoms with Gasteiger partial charge in [0.1, 0.15) is 5.41 Å². The molecule has 0 heterocycles. The maximum absolute atomic E-state index is 10.6. The second kappa shape index (κ2) is 5.16. The summed E-state index contributed by atoms with van der Waals surface area (Å²) in [5.74, 6) is -1.03. The van der Waals surface area contributed by atoms with Gasteiger partial charge in [0.05, 0.1) is 6.61 Å². The van der Waals surface area contributed by atoms with Crippen LogP contribution in [0.15, 0.2) is 0 Å². The van der Waals surface area contributed by atoms with Crippen LogP contribution >= 0.6 is 0 Å². The molecule has 0 aliphatic rings. The van der Waals surface area contributed by atoms with Crippen molar-refractivity contribution in [3.63, 3.8) is 0 Å². The number of carboxylic acids is 1. The predicted octanol–water partition coefficient (Wildman–Crippen LogP) is -0.124. The molecule has 0 aromatic carbocycles. The largest absolute Gasteiger partial charge is 0.481 e. The molecule has 0 spiro atoms. The molecule has 4 nitrogen and oxygen atoms in total. The van der Waals surface area contributed by atoms with E-state index in [1.165, 1.54) is 6.92 Å². The first-order valence-corrected chi connectivity index (χ1v) is 3.99. The second-order valence-electron chi connectivity index (χ2n) is 3.08. The molecule has 5 heteroatoms. The summed E-state index contributed by atoms with van der Waals surface area (Å²) in [5, 5.41) is 17.5. The molecule has 0 amide bonds. The zero-order valence-electron chi connectivity index (χ0n) is 7.54. The van der Waals surface area contributed by atoms with Gasteiger partial charge in [-0.05, 0) is 6.92 Å². The van der Waals surface area contributed by atoms with Crippen LogP contribution in [0.3, 0.4) is 0 Å². The van der Waals surface area contributed by atoms with Gasteiger partial charge in [-0.2, -0.15) is 0 Å². The van der Waals surface area contributed by atoms with Crippen LogP contribution in [0.2, 0.25) is 6.32 Å². The Morgan fingerprint density at radius 1 is 1.67 bits per heavy atom. The molecule has 0 saturated carbocycles. The van der Waals surface area contributed by atoms with Crippen molar-refractivity contribution in [2.24, 2.45) is 5.41 Å². The number of carboxylic acid groups (broad SMARTS) is 1. The highest BCUT2D eigenvalue weighted by Gasteiger charge is 2.32. The summed E-state index contributed by atoms with van der Waals surface area (Å²) < 4.78 is 5.06. The topological polar surface area (TPSA) is 66.8 Å². The lowest BCUT2D eigenvalue weighted by Gasteiger charge is -2.21. The van der Waals surface area contributed by atoms with Crippen molar-refractivity contribution in [3.8, 4) is 0 Å². The van der Waals surface area contributed by atoms with E-state index in [-0.39, 0.29) is 6.61 Å². The lowest BCUT2D eigenvalue weighted by Crippen LogP contribution is -2.36. The van der Waals surface area contributed by atoms with Crippen molar-refractivity contribution in [3.05, 3.63) is 0 Å². The van der Waals surface area contributed by atoms with E-state index in [9.17, 15) is 4.79 Å². The maximum Gasteiger partial charge on any atom is 0.313 e. The van der Waals surface area contributed by atoms with Crippen molar-refractivity contribution >= 4 is 13.5 Å². The Morgan fingerprint density at radius 3 is 2.58 bits per heavy atom. The van der Waals surface area contributed by atoms with Crippen LogP contribution in [0.4, 0.5) is 0 Å². The Hall–Kier alpha value is -0.545. The van der Waals surface area contributed by atoms with Crippen LogP contribution in [-0.2, 0) is 9.45 Å². The highest BCUT2D eigenvalue weighted by atomic mass is 16.4. The van der Waals surface area contributed by atoms with Gasteiger partial charge in [0, 0.05) is 6.61 Å². The number of aliphatic hydroxyl groups excluding tert-OH is 1. The third-order valence-electron chi connectivity index (χ3n) is 1.63. The lowest BCUT2D eigenvalue weighted by atomic mass is 9.91. The van der Waals surface area contributed by atoms with E-state index in [4.69, 9.17) is 14.9 Å². The van der Waals surface area contributed by atoms with Gasteiger partial charge in [0.25, 0.3) is 7.48 Å². The molecule has 70 valence electrons. The third-order valence-corrected chi connectivity index (χ3v) is 1.63. The molecule has 0 aromatic rings. The number of hydrogen-bond acceptors (Lipinski definition) is 3. The van der Waals surface area contributed by atoms with E-state index in [0.717, 1.165) is 6.32 Å². The summed E-state index contributed by atoms with van der Waals surface area (Å²) in [6, 6.07) is 0. The molecule has 1 unspecified atom stereocenters. The van der Waals surface area contributed by atoms with E-state index >= 15 is 0 Å². The van der Waals surface area contributed by atoms with Gasteiger partial charge >= 0.3 is 5.97 Å². The third kappa shape index (κ3) is 3.23. The number of carbonyl (C=O) groups is 1. The van der Waals surface area contributed by atoms with Gasteiger partial charge in [0.2, 0.25) is 0 Å².